The lowest BCUT2D eigenvalue weighted by atomic mass is 10.3. The number of methoxy groups -OCH3 is 1. The first-order valence-electron chi connectivity index (χ1n) is 5.60. The Labute approximate surface area is 116 Å². The van der Waals surface area contributed by atoms with Crippen LogP contribution in [0.25, 0.3) is 0 Å². The number of rotatable bonds is 4. The second-order valence-electron chi connectivity index (χ2n) is 4.33. The van der Waals surface area contributed by atoms with Crippen molar-refractivity contribution in [3.63, 3.8) is 0 Å². The van der Waals surface area contributed by atoms with Crippen molar-refractivity contribution in [3.05, 3.63) is 10.2 Å². The van der Waals surface area contributed by atoms with E-state index in [1.165, 1.54) is 0 Å². The molecule has 2 atom stereocenters. The summed E-state index contributed by atoms with van der Waals surface area (Å²) in [4.78, 5) is 3.92. The van der Waals surface area contributed by atoms with E-state index >= 15 is 0 Å². The summed E-state index contributed by atoms with van der Waals surface area (Å²) in [5, 5.41) is 0. The fourth-order valence-corrected chi connectivity index (χ4v) is 5.17. The first-order valence-corrected chi connectivity index (χ1v) is 8.28. The van der Waals surface area contributed by atoms with Gasteiger partial charge in [0.05, 0.1) is 11.8 Å². The van der Waals surface area contributed by atoms with Crippen LogP contribution >= 0.6 is 22.9 Å². The number of aromatic nitrogens is 1. The van der Waals surface area contributed by atoms with Crippen LogP contribution in [0.2, 0.25) is 4.47 Å². The van der Waals surface area contributed by atoms with Gasteiger partial charge in [-0.25, -0.2) is 18.1 Å². The highest BCUT2D eigenvalue weighted by Gasteiger charge is 2.30. The van der Waals surface area contributed by atoms with Crippen molar-refractivity contribution < 1.29 is 13.2 Å². The predicted octanol–water partition coefficient (Wildman–Crippen LogP) is 1.95. The molecule has 0 aromatic carbocycles. The smallest absolute Gasteiger partial charge is 0.252 e. The van der Waals surface area contributed by atoms with Crippen molar-refractivity contribution in [2.45, 2.75) is 42.5 Å². The van der Waals surface area contributed by atoms with Gasteiger partial charge in [0.1, 0.15) is 0 Å². The Bertz CT molecular complexity index is 529. The van der Waals surface area contributed by atoms with Crippen molar-refractivity contribution in [1.29, 1.82) is 0 Å². The molecular weight excluding hydrogens is 296 g/mol. The Morgan fingerprint density at radius 2 is 2.22 bits per heavy atom. The van der Waals surface area contributed by atoms with Crippen LogP contribution in [-0.2, 0) is 14.8 Å². The molecule has 0 bridgehead atoms. The van der Waals surface area contributed by atoms with E-state index < -0.39 is 10.0 Å². The van der Waals surface area contributed by atoms with Crippen LogP contribution < -0.4 is 4.72 Å². The summed E-state index contributed by atoms with van der Waals surface area (Å²) in [6.45, 7) is 1.64. The van der Waals surface area contributed by atoms with Crippen molar-refractivity contribution in [1.82, 2.24) is 9.71 Å². The molecule has 1 aromatic rings. The monoisotopic (exact) mass is 310 g/mol. The van der Waals surface area contributed by atoms with E-state index in [0.717, 1.165) is 24.2 Å². The van der Waals surface area contributed by atoms with Gasteiger partial charge in [-0.05, 0) is 26.2 Å². The molecule has 1 aromatic heterocycles. The molecule has 0 spiro atoms. The highest BCUT2D eigenvalue weighted by molar-refractivity contribution is 7.91. The van der Waals surface area contributed by atoms with Crippen molar-refractivity contribution >= 4 is 33.0 Å². The predicted molar refractivity (Wildman–Crippen MR) is 70.6 cm³/mol. The standard InChI is InChI=1S/C10H15ClN2O3S2/c1-6-9(17-10(11)12-6)18(14,15)13-7-3-4-8(5-7)16-2/h7-8,13H,3-5H2,1-2H3. The third kappa shape index (κ3) is 3.03. The average molecular weight is 311 g/mol. The highest BCUT2D eigenvalue weighted by Crippen LogP contribution is 2.28. The van der Waals surface area contributed by atoms with E-state index in [9.17, 15) is 8.42 Å². The second-order valence-corrected chi connectivity index (χ2v) is 7.82. The highest BCUT2D eigenvalue weighted by atomic mass is 35.5. The lowest BCUT2D eigenvalue weighted by molar-refractivity contribution is 0.107. The summed E-state index contributed by atoms with van der Waals surface area (Å²) < 4.78 is 32.7. The minimum atomic E-state index is -3.52. The molecule has 2 unspecified atom stereocenters. The Kier molecular flexibility index (Phi) is 4.28. The molecule has 1 heterocycles. The molecule has 8 heteroatoms. The Morgan fingerprint density at radius 3 is 2.72 bits per heavy atom. The number of nitrogens with zero attached hydrogens (tertiary/aromatic N) is 1. The lowest BCUT2D eigenvalue weighted by Gasteiger charge is -2.12. The molecule has 102 valence electrons. The maximum Gasteiger partial charge on any atom is 0.252 e. The first-order chi connectivity index (χ1) is 8.42. The summed E-state index contributed by atoms with van der Waals surface area (Å²) in [6, 6.07) is -0.0692. The SMILES string of the molecule is COC1CCC(NS(=O)(=O)c2sc(Cl)nc2C)C1. The molecule has 0 aliphatic heterocycles. The summed E-state index contributed by atoms with van der Waals surface area (Å²) in [6.07, 6.45) is 2.53. The molecule has 1 N–H and O–H groups in total. The number of ether oxygens (including phenoxy) is 1. The van der Waals surface area contributed by atoms with Gasteiger partial charge in [0.15, 0.2) is 8.68 Å². The van der Waals surface area contributed by atoms with Crippen molar-refractivity contribution in [3.8, 4) is 0 Å². The van der Waals surface area contributed by atoms with Crippen LogP contribution in [0.4, 0.5) is 0 Å². The van der Waals surface area contributed by atoms with E-state index in [1.807, 2.05) is 0 Å². The molecule has 0 saturated heterocycles. The second kappa shape index (κ2) is 5.42. The van der Waals surface area contributed by atoms with Crippen LogP contribution in [-0.4, -0.2) is 32.7 Å². The molecule has 5 nitrogen and oxygen atoms in total. The van der Waals surface area contributed by atoms with E-state index in [4.69, 9.17) is 16.3 Å². The number of hydrogen-bond donors (Lipinski definition) is 1. The Balaban J connectivity index is 2.11. The van der Waals surface area contributed by atoms with Crippen LogP contribution in [0.5, 0.6) is 0 Å². The normalized spacial score (nSPS) is 24.6. The van der Waals surface area contributed by atoms with Gasteiger partial charge >= 0.3 is 0 Å². The molecule has 1 aliphatic rings. The number of nitrogens with one attached hydrogen (secondary N) is 1. The fourth-order valence-electron chi connectivity index (χ4n) is 2.13. The maximum absolute atomic E-state index is 12.2. The molecule has 2 rings (SSSR count). The minimum Gasteiger partial charge on any atom is -0.381 e. The zero-order valence-electron chi connectivity index (χ0n) is 10.1. The maximum atomic E-state index is 12.2. The van der Waals surface area contributed by atoms with Gasteiger partial charge in [0.2, 0.25) is 0 Å². The summed E-state index contributed by atoms with van der Waals surface area (Å²) in [7, 11) is -1.87. The summed E-state index contributed by atoms with van der Waals surface area (Å²) >= 11 is 6.71. The zero-order chi connectivity index (χ0) is 13.3. The van der Waals surface area contributed by atoms with Crippen molar-refractivity contribution in [2.24, 2.45) is 0 Å². The lowest BCUT2D eigenvalue weighted by Crippen LogP contribution is -2.33. The van der Waals surface area contributed by atoms with Gasteiger partial charge in [-0.3, -0.25) is 0 Å². The average Bonchev–Trinajstić information content (AvgIpc) is 2.84. The third-order valence-corrected chi connectivity index (χ3v) is 6.40. The molecule has 0 radical (unpaired) electrons. The van der Waals surface area contributed by atoms with E-state index in [0.29, 0.717) is 12.1 Å². The van der Waals surface area contributed by atoms with Gasteiger partial charge in [-0.15, -0.1) is 0 Å². The number of hydrogen-bond acceptors (Lipinski definition) is 5. The van der Waals surface area contributed by atoms with E-state index in [1.54, 1.807) is 14.0 Å². The van der Waals surface area contributed by atoms with Crippen molar-refractivity contribution in [2.75, 3.05) is 7.11 Å². The Hall–Kier alpha value is -0.210. The molecule has 18 heavy (non-hydrogen) atoms. The number of aryl methyl sites for hydroxylation is 1. The zero-order valence-corrected chi connectivity index (χ0v) is 12.5. The van der Waals surface area contributed by atoms with E-state index in [-0.39, 0.29) is 20.8 Å². The molecule has 0 amide bonds. The van der Waals surface area contributed by atoms with Crippen LogP contribution in [0.1, 0.15) is 25.0 Å². The number of sulfonamides is 1. The van der Waals surface area contributed by atoms with Gasteiger partial charge < -0.3 is 4.74 Å². The molecule has 1 fully saturated rings. The van der Waals surface area contributed by atoms with Gasteiger partial charge in [0, 0.05) is 13.2 Å². The number of thiazole rings is 1. The Morgan fingerprint density at radius 1 is 1.50 bits per heavy atom. The van der Waals surface area contributed by atoms with Gasteiger partial charge in [-0.1, -0.05) is 22.9 Å². The van der Waals surface area contributed by atoms with Gasteiger partial charge in [0.25, 0.3) is 10.0 Å². The third-order valence-electron chi connectivity index (χ3n) is 3.01. The van der Waals surface area contributed by atoms with Crippen LogP contribution in [0.3, 0.4) is 0 Å². The molecule has 1 saturated carbocycles. The first kappa shape index (κ1) is 14.2. The topological polar surface area (TPSA) is 68.3 Å². The summed E-state index contributed by atoms with van der Waals surface area (Å²) in [5.41, 5.74) is 0.443. The van der Waals surface area contributed by atoms with Gasteiger partial charge in [-0.2, -0.15) is 0 Å². The van der Waals surface area contributed by atoms with Crippen LogP contribution in [0, 0.1) is 6.92 Å². The fraction of sp³-hybridized carbons (Fsp3) is 0.700. The molecule has 1 aliphatic carbocycles. The molecular formula is C10H15ClN2O3S2. The summed E-state index contributed by atoms with van der Waals surface area (Å²) in [5.74, 6) is 0. The minimum absolute atomic E-state index is 0.0692. The van der Waals surface area contributed by atoms with Crippen LogP contribution in [0.15, 0.2) is 4.21 Å². The quantitative estimate of drug-likeness (QED) is 0.923. The van der Waals surface area contributed by atoms with E-state index in [2.05, 4.69) is 9.71 Å². The largest absolute Gasteiger partial charge is 0.381 e. The number of halogens is 1.